The number of nitrogens with one attached hydrogen (secondary N) is 2. The summed E-state index contributed by atoms with van der Waals surface area (Å²) in [6.45, 7) is 11.0. The van der Waals surface area contributed by atoms with E-state index in [0.717, 1.165) is 44.8 Å². The van der Waals surface area contributed by atoms with Gasteiger partial charge in [0.15, 0.2) is 0 Å². The van der Waals surface area contributed by atoms with Crippen molar-refractivity contribution in [3.63, 3.8) is 0 Å². The summed E-state index contributed by atoms with van der Waals surface area (Å²) in [6, 6.07) is 8.30. The Labute approximate surface area is 143 Å². The molecule has 0 heterocycles. The molecular weight excluding hydrogens is 300 g/mol. The van der Waals surface area contributed by atoms with E-state index in [1.54, 1.807) is 0 Å². The molecule has 0 aliphatic carbocycles. The molecule has 4 heteroatoms. The van der Waals surface area contributed by atoms with Gasteiger partial charge in [-0.25, -0.2) is 0 Å². The SMILES string of the molecule is CC(=O)Nc1c(C)cc(-c2cc(C)c(NC(C)=O)c(C)c2)cc1C. The number of anilines is 2. The fourth-order valence-electron chi connectivity index (χ4n) is 3.01. The average molecular weight is 324 g/mol. The van der Waals surface area contributed by atoms with Crippen LogP contribution in [0.3, 0.4) is 0 Å². The normalized spacial score (nSPS) is 10.4. The van der Waals surface area contributed by atoms with E-state index < -0.39 is 0 Å². The van der Waals surface area contributed by atoms with E-state index in [2.05, 4.69) is 34.9 Å². The molecule has 2 N–H and O–H groups in total. The van der Waals surface area contributed by atoms with Gasteiger partial charge in [0.05, 0.1) is 0 Å². The number of hydrogen-bond donors (Lipinski definition) is 2. The van der Waals surface area contributed by atoms with Gasteiger partial charge in [-0.15, -0.1) is 0 Å². The summed E-state index contributed by atoms with van der Waals surface area (Å²) < 4.78 is 0. The maximum absolute atomic E-state index is 11.3. The minimum atomic E-state index is -0.0692. The van der Waals surface area contributed by atoms with Crippen LogP contribution in [0.5, 0.6) is 0 Å². The minimum Gasteiger partial charge on any atom is -0.326 e. The molecule has 2 aromatic rings. The number of hydrogen-bond acceptors (Lipinski definition) is 2. The van der Waals surface area contributed by atoms with Crippen molar-refractivity contribution in [2.75, 3.05) is 10.6 Å². The summed E-state index contributed by atoms with van der Waals surface area (Å²) in [5.41, 5.74) is 8.05. The molecular formula is C20H24N2O2. The zero-order chi connectivity index (χ0) is 18.0. The number of amides is 2. The highest BCUT2D eigenvalue weighted by Crippen LogP contribution is 2.32. The standard InChI is InChI=1S/C20H24N2O2/c1-11-7-17(8-12(2)19(11)21-15(5)23)18-9-13(3)20(14(4)10-18)22-16(6)24/h7-10H,1-6H3,(H,21,23)(H,22,24). The largest absolute Gasteiger partial charge is 0.326 e. The smallest absolute Gasteiger partial charge is 0.221 e. The minimum absolute atomic E-state index is 0.0692. The van der Waals surface area contributed by atoms with Crippen LogP contribution >= 0.6 is 0 Å². The number of benzene rings is 2. The van der Waals surface area contributed by atoms with Crippen LogP contribution in [-0.4, -0.2) is 11.8 Å². The molecule has 0 spiro atoms. The van der Waals surface area contributed by atoms with Gasteiger partial charge in [0.1, 0.15) is 0 Å². The van der Waals surface area contributed by atoms with Crippen LogP contribution < -0.4 is 10.6 Å². The molecule has 0 aliphatic rings. The summed E-state index contributed by atoms with van der Waals surface area (Å²) in [6.07, 6.45) is 0. The van der Waals surface area contributed by atoms with Crippen LogP contribution in [0.4, 0.5) is 11.4 Å². The van der Waals surface area contributed by atoms with Gasteiger partial charge in [0.2, 0.25) is 11.8 Å². The topological polar surface area (TPSA) is 58.2 Å². The fraction of sp³-hybridized carbons (Fsp3) is 0.300. The first kappa shape index (κ1) is 17.7. The summed E-state index contributed by atoms with van der Waals surface area (Å²) in [5, 5.41) is 5.77. The molecule has 0 bridgehead atoms. The Hall–Kier alpha value is -2.62. The van der Waals surface area contributed by atoms with E-state index in [0.29, 0.717) is 0 Å². The molecule has 126 valence electrons. The lowest BCUT2D eigenvalue weighted by molar-refractivity contribution is -0.115. The molecule has 0 radical (unpaired) electrons. The fourth-order valence-corrected chi connectivity index (χ4v) is 3.01. The van der Waals surface area contributed by atoms with Gasteiger partial charge in [-0.05, 0) is 85.3 Å². The monoisotopic (exact) mass is 324 g/mol. The summed E-state index contributed by atoms with van der Waals surface area (Å²) >= 11 is 0. The van der Waals surface area contributed by atoms with Crippen molar-refractivity contribution in [3.05, 3.63) is 46.5 Å². The molecule has 2 rings (SSSR count). The highest BCUT2D eigenvalue weighted by Gasteiger charge is 2.11. The van der Waals surface area contributed by atoms with Crippen molar-refractivity contribution >= 4 is 23.2 Å². The molecule has 4 nitrogen and oxygen atoms in total. The van der Waals surface area contributed by atoms with Gasteiger partial charge in [-0.2, -0.15) is 0 Å². The Kier molecular flexibility index (Phi) is 5.07. The first-order valence-electron chi connectivity index (χ1n) is 7.97. The third kappa shape index (κ3) is 3.82. The molecule has 0 unspecified atom stereocenters. The van der Waals surface area contributed by atoms with Crippen molar-refractivity contribution < 1.29 is 9.59 Å². The number of aryl methyl sites for hydroxylation is 4. The zero-order valence-corrected chi connectivity index (χ0v) is 15.1. The maximum atomic E-state index is 11.3. The van der Waals surface area contributed by atoms with Gasteiger partial charge >= 0.3 is 0 Å². The summed E-state index contributed by atoms with van der Waals surface area (Å²) in [7, 11) is 0. The van der Waals surface area contributed by atoms with Crippen molar-refractivity contribution in [2.45, 2.75) is 41.5 Å². The number of carbonyl (C=O) groups excluding carboxylic acids is 2. The van der Waals surface area contributed by atoms with Gasteiger partial charge in [-0.3, -0.25) is 9.59 Å². The van der Waals surface area contributed by atoms with Crippen LogP contribution in [0.25, 0.3) is 11.1 Å². The van der Waals surface area contributed by atoms with Crippen molar-refractivity contribution in [1.82, 2.24) is 0 Å². The molecule has 0 saturated heterocycles. The van der Waals surface area contributed by atoms with Gasteiger partial charge < -0.3 is 10.6 Å². The van der Waals surface area contributed by atoms with Crippen LogP contribution in [0.2, 0.25) is 0 Å². The summed E-state index contributed by atoms with van der Waals surface area (Å²) in [4.78, 5) is 22.7. The lowest BCUT2D eigenvalue weighted by Crippen LogP contribution is -2.09. The Morgan fingerprint density at radius 2 is 0.875 bits per heavy atom. The Balaban J connectivity index is 2.49. The highest BCUT2D eigenvalue weighted by molar-refractivity contribution is 5.92. The third-order valence-corrected chi connectivity index (χ3v) is 4.00. The Morgan fingerprint density at radius 3 is 1.08 bits per heavy atom. The zero-order valence-electron chi connectivity index (χ0n) is 15.1. The van der Waals surface area contributed by atoms with E-state index in [9.17, 15) is 9.59 Å². The van der Waals surface area contributed by atoms with Gasteiger partial charge in [-0.1, -0.05) is 0 Å². The molecule has 2 amide bonds. The van der Waals surface area contributed by atoms with E-state index in [1.165, 1.54) is 13.8 Å². The lowest BCUT2D eigenvalue weighted by atomic mass is 9.95. The lowest BCUT2D eigenvalue weighted by Gasteiger charge is -2.16. The van der Waals surface area contributed by atoms with Gasteiger partial charge in [0, 0.05) is 25.2 Å². The van der Waals surface area contributed by atoms with Crippen LogP contribution in [-0.2, 0) is 9.59 Å². The second-order valence-corrected chi connectivity index (χ2v) is 6.33. The van der Waals surface area contributed by atoms with Crippen molar-refractivity contribution in [2.24, 2.45) is 0 Å². The predicted octanol–water partition coefficient (Wildman–Crippen LogP) is 4.50. The van der Waals surface area contributed by atoms with Crippen molar-refractivity contribution in [3.8, 4) is 11.1 Å². The van der Waals surface area contributed by atoms with Crippen molar-refractivity contribution in [1.29, 1.82) is 0 Å². The molecule has 0 saturated carbocycles. The maximum Gasteiger partial charge on any atom is 0.221 e. The van der Waals surface area contributed by atoms with Crippen LogP contribution in [0.15, 0.2) is 24.3 Å². The quantitative estimate of drug-likeness (QED) is 0.873. The number of carbonyl (C=O) groups is 2. The van der Waals surface area contributed by atoms with E-state index >= 15 is 0 Å². The predicted molar refractivity (Wildman–Crippen MR) is 99.4 cm³/mol. The van der Waals surface area contributed by atoms with E-state index in [4.69, 9.17) is 0 Å². The first-order chi connectivity index (χ1) is 11.2. The third-order valence-electron chi connectivity index (χ3n) is 4.00. The Morgan fingerprint density at radius 1 is 0.625 bits per heavy atom. The Bertz CT molecular complexity index is 707. The van der Waals surface area contributed by atoms with E-state index in [-0.39, 0.29) is 11.8 Å². The second-order valence-electron chi connectivity index (χ2n) is 6.33. The first-order valence-corrected chi connectivity index (χ1v) is 7.97. The van der Waals surface area contributed by atoms with Crippen LogP contribution in [0.1, 0.15) is 36.1 Å². The highest BCUT2D eigenvalue weighted by atomic mass is 16.2. The molecule has 0 aliphatic heterocycles. The average Bonchev–Trinajstić information content (AvgIpc) is 2.45. The van der Waals surface area contributed by atoms with E-state index in [1.807, 2.05) is 27.7 Å². The summed E-state index contributed by atoms with van der Waals surface area (Å²) in [5.74, 6) is -0.138. The molecule has 2 aromatic carbocycles. The van der Waals surface area contributed by atoms with Crippen LogP contribution in [0, 0.1) is 27.7 Å². The molecule has 0 aromatic heterocycles. The second kappa shape index (κ2) is 6.87. The molecule has 0 fully saturated rings. The molecule has 24 heavy (non-hydrogen) atoms. The molecule has 0 atom stereocenters. The number of rotatable bonds is 3. The van der Waals surface area contributed by atoms with Gasteiger partial charge in [0.25, 0.3) is 0 Å².